The van der Waals surface area contributed by atoms with Crippen LogP contribution in [0.4, 0.5) is 5.69 Å². The largest absolute Gasteiger partial charge is 0.455 e. The number of rotatable bonds is 8. The Balaban J connectivity index is 1.44. The highest BCUT2D eigenvalue weighted by Gasteiger charge is 2.28. The number of nitrogens with zero attached hydrogens (tertiary/aromatic N) is 3. The molecule has 1 aliphatic rings. The lowest BCUT2D eigenvalue weighted by Crippen LogP contribution is -2.16. The number of para-hydroxylation sites is 1. The first-order valence-electron chi connectivity index (χ1n) is 11.9. The van der Waals surface area contributed by atoms with Crippen molar-refractivity contribution < 1.29 is 9.15 Å². The molecule has 1 atom stereocenters. The first kappa shape index (κ1) is 23.7. The smallest absolute Gasteiger partial charge is 0.247 e. The highest BCUT2D eigenvalue weighted by molar-refractivity contribution is 7.99. The van der Waals surface area contributed by atoms with Crippen molar-refractivity contribution in [3.8, 4) is 28.5 Å². The van der Waals surface area contributed by atoms with E-state index in [9.17, 15) is 0 Å². The Morgan fingerprint density at radius 1 is 0.971 bits per heavy atom. The van der Waals surface area contributed by atoms with E-state index in [1.807, 2.05) is 61.5 Å². The van der Waals surface area contributed by atoms with Gasteiger partial charge < -0.3 is 14.5 Å². The zero-order chi connectivity index (χ0) is 24.2. The van der Waals surface area contributed by atoms with Crippen LogP contribution in [0, 0.1) is 6.92 Å². The van der Waals surface area contributed by atoms with Gasteiger partial charge in [0, 0.05) is 27.6 Å². The van der Waals surface area contributed by atoms with Crippen LogP contribution in [0.5, 0.6) is 5.88 Å². The van der Waals surface area contributed by atoms with Crippen molar-refractivity contribution in [2.45, 2.75) is 50.9 Å². The average molecular weight is 507 g/mol. The Morgan fingerprint density at radius 2 is 1.83 bits per heavy atom. The molecule has 1 aliphatic heterocycles. The standard InChI is InChI=1S/C27H27ClN4O2S/c1-3-4-5-8-16-35-27-30-26-24(31-32-27)19-10-6-7-13-21(19)29-25(34-26)23-15-14-22(33-23)18-11-9-12-20(28)17(18)2/h6-7,9-15,25,29H,3-5,8,16H2,1-2H3/t25-/m0/s1. The lowest BCUT2D eigenvalue weighted by atomic mass is 10.1. The molecule has 0 unspecified atom stereocenters. The van der Waals surface area contributed by atoms with E-state index in [1.54, 1.807) is 11.8 Å². The van der Waals surface area contributed by atoms with Crippen LogP contribution in [-0.4, -0.2) is 20.9 Å². The van der Waals surface area contributed by atoms with E-state index in [4.69, 9.17) is 25.7 Å². The molecule has 6 nitrogen and oxygen atoms in total. The van der Waals surface area contributed by atoms with Crippen LogP contribution in [-0.2, 0) is 0 Å². The average Bonchev–Trinajstić information content (AvgIpc) is 3.29. The van der Waals surface area contributed by atoms with Crippen molar-refractivity contribution in [1.82, 2.24) is 15.2 Å². The number of halogens is 1. The van der Waals surface area contributed by atoms with Crippen LogP contribution in [0.15, 0.2) is 64.2 Å². The van der Waals surface area contributed by atoms with Crippen LogP contribution >= 0.6 is 23.4 Å². The van der Waals surface area contributed by atoms with Crippen molar-refractivity contribution in [1.29, 1.82) is 0 Å². The second-order valence-corrected chi connectivity index (χ2v) is 9.93. The maximum atomic E-state index is 6.36. The molecule has 8 heteroatoms. The van der Waals surface area contributed by atoms with Gasteiger partial charge in [-0.25, -0.2) is 0 Å². The van der Waals surface area contributed by atoms with Crippen molar-refractivity contribution >= 4 is 29.1 Å². The lowest BCUT2D eigenvalue weighted by Gasteiger charge is -2.17. The minimum atomic E-state index is -0.579. The lowest BCUT2D eigenvalue weighted by molar-refractivity contribution is 0.196. The normalized spacial score (nSPS) is 14.4. The molecule has 35 heavy (non-hydrogen) atoms. The van der Waals surface area contributed by atoms with Gasteiger partial charge >= 0.3 is 0 Å². The first-order chi connectivity index (χ1) is 17.1. The number of unbranched alkanes of at least 4 members (excludes halogenated alkanes) is 3. The molecule has 3 heterocycles. The molecule has 180 valence electrons. The maximum Gasteiger partial charge on any atom is 0.247 e. The Hall–Kier alpha value is -3.03. The molecule has 0 radical (unpaired) electrons. The molecule has 4 aromatic rings. The molecule has 0 saturated carbocycles. The first-order valence-corrected chi connectivity index (χ1v) is 13.3. The summed E-state index contributed by atoms with van der Waals surface area (Å²) in [6, 6.07) is 17.6. The molecule has 0 aliphatic carbocycles. The van der Waals surface area contributed by atoms with Gasteiger partial charge in [0.2, 0.25) is 17.3 Å². The molecule has 0 bridgehead atoms. The third kappa shape index (κ3) is 5.16. The van der Waals surface area contributed by atoms with Gasteiger partial charge in [-0.05, 0) is 43.2 Å². The number of fused-ring (bicyclic) bond motifs is 3. The summed E-state index contributed by atoms with van der Waals surface area (Å²) in [4.78, 5) is 4.72. The van der Waals surface area contributed by atoms with E-state index in [-0.39, 0.29) is 0 Å². The van der Waals surface area contributed by atoms with Gasteiger partial charge in [0.15, 0.2) is 11.5 Å². The molecule has 0 spiro atoms. The summed E-state index contributed by atoms with van der Waals surface area (Å²) in [6.07, 6.45) is 4.23. The summed E-state index contributed by atoms with van der Waals surface area (Å²) < 4.78 is 12.6. The summed E-state index contributed by atoms with van der Waals surface area (Å²) in [6.45, 7) is 4.20. The molecule has 2 aromatic carbocycles. The van der Waals surface area contributed by atoms with Crippen molar-refractivity contribution in [3.63, 3.8) is 0 Å². The predicted octanol–water partition coefficient (Wildman–Crippen LogP) is 7.94. The fourth-order valence-electron chi connectivity index (χ4n) is 4.04. The van der Waals surface area contributed by atoms with Gasteiger partial charge in [-0.2, -0.15) is 4.98 Å². The van der Waals surface area contributed by atoms with E-state index < -0.39 is 6.23 Å². The Morgan fingerprint density at radius 3 is 2.71 bits per heavy atom. The van der Waals surface area contributed by atoms with Gasteiger partial charge in [0.25, 0.3) is 0 Å². The minimum absolute atomic E-state index is 0.440. The molecular formula is C27H27ClN4O2S. The highest BCUT2D eigenvalue weighted by Crippen LogP contribution is 2.40. The third-order valence-corrected chi connectivity index (χ3v) is 7.31. The topological polar surface area (TPSA) is 73.1 Å². The van der Waals surface area contributed by atoms with Crippen LogP contribution in [0.2, 0.25) is 5.02 Å². The number of anilines is 1. The number of benzene rings is 2. The number of hydrogen-bond acceptors (Lipinski definition) is 7. The Kier molecular flexibility index (Phi) is 7.25. The summed E-state index contributed by atoms with van der Waals surface area (Å²) >= 11 is 7.94. The fraction of sp³-hybridized carbons (Fsp3) is 0.296. The number of furan rings is 1. The van der Waals surface area contributed by atoms with Crippen molar-refractivity contribution in [3.05, 3.63) is 70.9 Å². The number of aromatic nitrogens is 3. The Bertz CT molecular complexity index is 1330. The number of ether oxygens (including phenoxy) is 1. The van der Waals surface area contributed by atoms with E-state index in [1.165, 1.54) is 19.3 Å². The number of nitrogens with one attached hydrogen (secondary N) is 1. The number of thioether (sulfide) groups is 1. The fourth-order valence-corrected chi connectivity index (χ4v) is 4.99. The van der Waals surface area contributed by atoms with E-state index >= 15 is 0 Å². The maximum absolute atomic E-state index is 6.36. The Labute approximate surface area is 214 Å². The van der Waals surface area contributed by atoms with E-state index in [2.05, 4.69) is 22.4 Å². The monoisotopic (exact) mass is 506 g/mol. The third-order valence-electron chi connectivity index (χ3n) is 5.98. The second-order valence-electron chi connectivity index (χ2n) is 8.46. The van der Waals surface area contributed by atoms with E-state index in [0.29, 0.717) is 27.5 Å². The van der Waals surface area contributed by atoms with Gasteiger partial charge in [-0.15, -0.1) is 10.2 Å². The van der Waals surface area contributed by atoms with Gasteiger partial charge in [0.05, 0.1) is 0 Å². The molecule has 5 rings (SSSR count). The molecule has 0 saturated heterocycles. The SMILES string of the molecule is CCCCCCSc1nnc2c(n1)O[C@@H](c1ccc(-c3cccc(Cl)c3C)o1)Nc1ccccc1-2. The quantitative estimate of drug-likeness (QED) is 0.192. The van der Waals surface area contributed by atoms with Crippen LogP contribution in [0.1, 0.15) is 50.2 Å². The highest BCUT2D eigenvalue weighted by atomic mass is 35.5. The van der Waals surface area contributed by atoms with Crippen LogP contribution in [0.3, 0.4) is 0 Å². The van der Waals surface area contributed by atoms with Crippen molar-refractivity contribution in [2.24, 2.45) is 0 Å². The molecule has 0 amide bonds. The van der Waals surface area contributed by atoms with Crippen LogP contribution in [0.25, 0.3) is 22.6 Å². The molecule has 0 fully saturated rings. The zero-order valence-corrected chi connectivity index (χ0v) is 21.3. The van der Waals surface area contributed by atoms with Crippen LogP contribution < -0.4 is 10.1 Å². The number of hydrogen-bond donors (Lipinski definition) is 1. The van der Waals surface area contributed by atoms with Gasteiger partial charge in [-0.1, -0.05) is 79.9 Å². The van der Waals surface area contributed by atoms with Crippen molar-refractivity contribution in [2.75, 3.05) is 11.1 Å². The summed E-state index contributed by atoms with van der Waals surface area (Å²) in [5.41, 5.74) is 4.30. The summed E-state index contributed by atoms with van der Waals surface area (Å²) in [5.74, 6) is 2.76. The summed E-state index contributed by atoms with van der Waals surface area (Å²) in [5, 5.41) is 13.6. The van der Waals surface area contributed by atoms with Gasteiger partial charge in [-0.3, -0.25) is 0 Å². The second kappa shape index (κ2) is 10.7. The van der Waals surface area contributed by atoms with E-state index in [0.717, 1.165) is 40.3 Å². The predicted molar refractivity (Wildman–Crippen MR) is 141 cm³/mol. The summed E-state index contributed by atoms with van der Waals surface area (Å²) in [7, 11) is 0. The molecule has 1 N–H and O–H groups in total. The molecular weight excluding hydrogens is 480 g/mol. The van der Waals surface area contributed by atoms with Gasteiger partial charge in [0.1, 0.15) is 5.76 Å². The zero-order valence-electron chi connectivity index (χ0n) is 19.8. The molecule has 2 aromatic heterocycles. The minimum Gasteiger partial charge on any atom is -0.455 e.